The van der Waals surface area contributed by atoms with E-state index >= 15 is 0 Å². The van der Waals surface area contributed by atoms with Crippen LogP contribution in [0.15, 0.2) is 16.3 Å². The molecule has 3 nitrogen and oxygen atoms in total. The Kier molecular flexibility index (Phi) is 3.90. The molecule has 0 unspecified atom stereocenters. The van der Waals surface area contributed by atoms with Crippen LogP contribution in [0.25, 0.3) is 0 Å². The lowest BCUT2D eigenvalue weighted by Crippen LogP contribution is -2.33. The van der Waals surface area contributed by atoms with Crippen molar-refractivity contribution >= 4 is 21.4 Å². The van der Waals surface area contributed by atoms with E-state index in [0.29, 0.717) is 23.2 Å². The third-order valence-corrected chi connectivity index (χ3v) is 6.27. The van der Waals surface area contributed by atoms with Gasteiger partial charge in [-0.3, -0.25) is 0 Å². The van der Waals surface area contributed by atoms with E-state index in [0.717, 1.165) is 11.3 Å². The Balaban J connectivity index is 2.20. The molecule has 17 heavy (non-hydrogen) atoms. The molecule has 1 heterocycles. The van der Waals surface area contributed by atoms with Crippen molar-refractivity contribution in [2.24, 2.45) is 5.92 Å². The van der Waals surface area contributed by atoms with Crippen molar-refractivity contribution in [3.05, 3.63) is 17.0 Å². The number of aryl methyl sites for hydroxylation is 1. The molecule has 5 heteroatoms. The van der Waals surface area contributed by atoms with Crippen LogP contribution >= 0.6 is 11.3 Å². The molecule has 1 aromatic rings. The fraction of sp³-hybridized carbons (Fsp3) is 0.667. The Labute approximate surface area is 108 Å². The summed E-state index contributed by atoms with van der Waals surface area (Å²) in [4.78, 5) is 1.05. The molecule has 1 aromatic heterocycles. The van der Waals surface area contributed by atoms with E-state index in [1.165, 1.54) is 24.2 Å². The zero-order chi connectivity index (χ0) is 12.5. The highest BCUT2D eigenvalue weighted by Gasteiger charge is 2.31. The summed E-state index contributed by atoms with van der Waals surface area (Å²) in [5, 5.41) is 0. The number of sulfonamides is 1. The summed E-state index contributed by atoms with van der Waals surface area (Å²) in [6.45, 7) is 5.30. The van der Waals surface area contributed by atoms with Gasteiger partial charge in [0, 0.05) is 18.0 Å². The lowest BCUT2D eigenvalue weighted by atomic mass is 10.4. The van der Waals surface area contributed by atoms with Gasteiger partial charge in [0.15, 0.2) is 0 Å². The zero-order valence-electron chi connectivity index (χ0n) is 10.3. The van der Waals surface area contributed by atoms with Crippen molar-refractivity contribution in [1.29, 1.82) is 0 Å². The largest absolute Gasteiger partial charge is 0.252 e. The van der Waals surface area contributed by atoms with Crippen molar-refractivity contribution in [1.82, 2.24) is 4.31 Å². The lowest BCUT2D eigenvalue weighted by Gasteiger charge is -2.20. The van der Waals surface area contributed by atoms with Crippen molar-refractivity contribution in [2.45, 2.75) is 37.3 Å². The van der Waals surface area contributed by atoms with E-state index in [1.807, 2.05) is 19.9 Å². The highest BCUT2D eigenvalue weighted by atomic mass is 32.2. The van der Waals surface area contributed by atoms with Gasteiger partial charge in [-0.25, -0.2) is 8.42 Å². The van der Waals surface area contributed by atoms with Crippen LogP contribution in [-0.4, -0.2) is 25.8 Å². The molecule has 0 N–H and O–H groups in total. The van der Waals surface area contributed by atoms with Gasteiger partial charge in [-0.05, 0) is 44.2 Å². The smallest absolute Gasteiger partial charge is 0.206 e. The summed E-state index contributed by atoms with van der Waals surface area (Å²) < 4.78 is 27.0. The molecule has 0 radical (unpaired) electrons. The predicted octanol–water partition coefficient (Wildman–Crippen LogP) is 2.87. The fourth-order valence-electron chi connectivity index (χ4n) is 1.83. The molecule has 1 aliphatic rings. The molecular weight excluding hydrogens is 254 g/mol. The van der Waals surface area contributed by atoms with Gasteiger partial charge >= 0.3 is 0 Å². The molecule has 0 bridgehead atoms. The summed E-state index contributed by atoms with van der Waals surface area (Å²) in [6.07, 6.45) is 3.23. The standard InChI is InChI=1S/C12H19NO2S2/c1-3-8-13(9-11-5-6-11)17(14,15)12-7-4-10(2)16-12/h4,7,11H,3,5-6,8-9H2,1-2H3. The monoisotopic (exact) mass is 273 g/mol. The zero-order valence-corrected chi connectivity index (χ0v) is 12.0. The third kappa shape index (κ3) is 3.09. The second kappa shape index (κ2) is 5.08. The fourth-order valence-corrected chi connectivity index (χ4v) is 4.87. The number of thiophene rings is 1. The van der Waals surface area contributed by atoms with E-state index in [1.54, 1.807) is 10.4 Å². The predicted molar refractivity (Wildman–Crippen MR) is 70.8 cm³/mol. The van der Waals surface area contributed by atoms with Gasteiger partial charge in [0.1, 0.15) is 4.21 Å². The van der Waals surface area contributed by atoms with E-state index in [-0.39, 0.29) is 0 Å². The molecule has 96 valence electrons. The van der Waals surface area contributed by atoms with Gasteiger partial charge in [0.25, 0.3) is 10.0 Å². The third-order valence-electron chi connectivity index (χ3n) is 2.94. The Morgan fingerprint density at radius 2 is 2.12 bits per heavy atom. The molecular formula is C12H19NO2S2. The molecule has 0 atom stereocenters. The molecule has 0 spiro atoms. The number of rotatable bonds is 6. The average Bonchev–Trinajstić information content (AvgIpc) is 2.98. The van der Waals surface area contributed by atoms with Crippen LogP contribution in [0, 0.1) is 12.8 Å². The molecule has 0 saturated heterocycles. The van der Waals surface area contributed by atoms with Crippen LogP contribution in [0.2, 0.25) is 0 Å². The Morgan fingerprint density at radius 1 is 1.41 bits per heavy atom. The Hall–Kier alpha value is -0.390. The van der Waals surface area contributed by atoms with Gasteiger partial charge in [-0.15, -0.1) is 11.3 Å². The first-order valence-corrected chi connectivity index (χ1v) is 8.36. The van der Waals surface area contributed by atoms with Crippen LogP contribution in [0.4, 0.5) is 0 Å². The van der Waals surface area contributed by atoms with E-state index in [2.05, 4.69) is 0 Å². The lowest BCUT2D eigenvalue weighted by molar-refractivity contribution is 0.397. The minimum atomic E-state index is -3.25. The SMILES string of the molecule is CCCN(CC1CC1)S(=O)(=O)c1ccc(C)s1. The summed E-state index contributed by atoms with van der Waals surface area (Å²) >= 11 is 1.37. The van der Waals surface area contributed by atoms with Crippen LogP contribution in [0.1, 0.15) is 31.1 Å². The first kappa shape index (κ1) is 13.1. The number of hydrogen-bond donors (Lipinski definition) is 0. The van der Waals surface area contributed by atoms with E-state index in [4.69, 9.17) is 0 Å². The molecule has 0 aromatic carbocycles. The second-order valence-electron chi connectivity index (χ2n) is 4.67. The van der Waals surface area contributed by atoms with Crippen molar-refractivity contribution in [3.8, 4) is 0 Å². The van der Waals surface area contributed by atoms with Crippen LogP contribution < -0.4 is 0 Å². The number of hydrogen-bond acceptors (Lipinski definition) is 3. The van der Waals surface area contributed by atoms with Crippen molar-refractivity contribution in [2.75, 3.05) is 13.1 Å². The van der Waals surface area contributed by atoms with Gasteiger partial charge in [-0.1, -0.05) is 6.92 Å². The first-order valence-electron chi connectivity index (χ1n) is 6.10. The summed E-state index contributed by atoms with van der Waals surface area (Å²) in [5.74, 6) is 0.595. The Bertz CT molecular complexity index is 474. The van der Waals surface area contributed by atoms with Crippen molar-refractivity contribution in [3.63, 3.8) is 0 Å². The van der Waals surface area contributed by atoms with Crippen LogP contribution in [0.3, 0.4) is 0 Å². The highest BCUT2D eigenvalue weighted by molar-refractivity contribution is 7.91. The molecule has 1 aliphatic carbocycles. The summed E-state index contributed by atoms with van der Waals surface area (Å²) in [6, 6.07) is 3.60. The minimum absolute atomic E-state index is 0.490. The van der Waals surface area contributed by atoms with E-state index in [9.17, 15) is 8.42 Å². The van der Waals surface area contributed by atoms with E-state index < -0.39 is 10.0 Å². The number of nitrogens with zero attached hydrogens (tertiary/aromatic N) is 1. The molecule has 0 amide bonds. The minimum Gasteiger partial charge on any atom is -0.206 e. The van der Waals surface area contributed by atoms with Gasteiger partial charge in [0.2, 0.25) is 0 Å². The average molecular weight is 273 g/mol. The van der Waals surface area contributed by atoms with Gasteiger partial charge in [-0.2, -0.15) is 4.31 Å². The van der Waals surface area contributed by atoms with Gasteiger partial charge < -0.3 is 0 Å². The molecule has 0 aliphatic heterocycles. The summed E-state index contributed by atoms with van der Waals surface area (Å²) in [7, 11) is -3.25. The molecule has 2 rings (SSSR count). The molecule has 1 fully saturated rings. The van der Waals surface area contributed by atoms with Crippen LogP contribution in [0.5, 0.6) is 0 Å². The van der Waals surface area contributed by atoms with Gasteiger partial charge in [0.05, 0.1) is 0 Å². The van der Waals surface area contributed by atoms with Crippen molar-refractivity contribution < 1.29 is 8.42 Å². The highest BCUT2D eigenvalue weighted by Crippen LogP contribution is 2.32. The summed E-state index contributed by atoms with van der Waals surface area (Å²) in [5.41, 5.74) is 0. The first-order chi connectivity index (χ1) is 8.04. The maximum absolute atomic E-state index is 12.4. The maximum atomic E-state index is 12.4. The Morgan fingerprint density at radius 3 is 2.59 bits per heavy atom. The topological polar surface area (TPSA) is 37.4 Å². The molecule has 1 saturated carbocycles. The quantitative estimate of drug-likeness (QED) is 0.799. The normalized spacial score (nSPS) is 16.6. The maximum Gasteiger partial charge on any atom is 0.252 e. The van der Waals surface area contributed by atoms with Crippen LogP contribution in [-0.2, 0) is 10.0 Å². The second-order valence-corrected chi connectivity index (χ2v) is 8.12.